The fourth-order valence-electron chi connectivity index (χ4n) is 7.80. The highest BCUT2D eigenvalue weighted by Crippen LogP contribution is 2.43. The van der Waals surface area contributed by atoms with Crippen LogP contribution in [0.4, 0.5) is 0 Å². The maximum Gasteiger partial charge on any atom is 0.165 e. The Morgan fingerprint density at radius 3 is 1.54 bits per heavy atom. The molecule has 11 rings (SSSR count). The van der Waals surface area contributed by atoms with Crippen molar-refractivity contribution < 1.29 is 0 Å². The van der Waals surface area contributed by atoms with Crippen molar-refractivity contribution in [2.45, 2.75) is 0 Å². The van der Waals surface area contributed by atoms with E-state index in [2.05, 4.69) is 182 Å². The quantitative estimate of drug-likeness (QED) is 0.170. The second kappa shape index (κ2) is 13.5. The molecule has 0 saturated carbocycles. The van der Waals surface area contributed by atoms with Crippen LogP contribution in [0, 0.1) is 0 Å². The normalized spacial score (nSPS) is 11.6. The minimum Gasteiger partial charge on any atom is -0.208 e. The first-order valence-corrected chi connectivity index (χ1v) is 20.3. The highest BCUT2D eigenvalue weighted by Gasteiger charge is 2.18. The van der Waals surface area contributed by atoms with E-state index in [4.69, 9.17) is 15.0 Å². The van der Waals surface area contributed by atoms with Gasteiger partial charge in [0, 0.05) is 57.0 Å². The van der Waals surface area contributed by atoms with Crippen LogP contribution in [0.2, 0.25) is 0 Å². The van der Waals surface area contributed by atoms with Gasteiger partial charge in [0.1, 0.15) is 0 Å². The van der Waals surface area contributed by atoms with Crippen LogP contribution in [0.5, 0.6) is 0 Å². The van der Waals surface area contributed by atoms with Gasteiger partial charge in [-0.2, -0.15) is 0 Å². The number of rotatable bonds is 6. The summed E-state index contributed by atoms with van der Waals surface area (Å²) in [7, 11) is 0. The summed E-state index contributed by atoms with van der Waals surface area (Å²) >= 11 is 3.60. The number of thiophene rings is 2. The molecular weight excluding hydrogens is 719 g/mol. The summed E-state index contributed by atoms with van der Waals surface area (Å²) in [6.45, 7) is 0. The highest BCUT2D eigenvalue weighted by atomic mass is 32.1. The van der Waals surface area contributed by atoms with Gasteiger partial charge >= 0.3 is 0 Å². The molecule has 0 saturated heterocycles. The van der Waals surface area contributed by atoms with Crippen LogP contribution in [0.1, 0.15) is 0 Å². The summed E-state index contributed by atoms with van der Waals surface area (Å²) < 4.78 is 4.90. The molecule has 0 atom stereocenters. The second-order valence-electron chi connectivity index (χ2n) is 14.0. The Kier molecular flexibility index (Phi) is 7.87. The lowest BCUT2D eigenvalue weighted by atomic mass is 9.99. The molecule has 11 aromatic rings. The zero-order chi connectivity index (χ0) is 37.0. The molecule has 3 heterocycles. The second-order valence-corrected chi connectivity index (χ2v) is 16.1. The molecule has 56 heavy (non-hydrogen) atoms. The molecule has 3 aromatic heterocycles. The van der Waals surface area contributed by atoms with Crippen molar-refractivity contribution in [1.29, 1.82) is 0 Å². The Balaban J connectivity index is 1.04. The van der Waals surface area contributed by atoms with Gasteiger partial charge < -0.3 is 0 Å². The van der Waals surface area contributed by atoms with Crippen molar-refractivity contribution in [2.75, 3.05) is 0 Å². The molecule has 0 N–H and O–H groups in total. The monoisotopic (exact) mass is 749 g/mol. The van der Waals surface area contributed by atoms with E-state index in [1.807, 2.05) is 17.4 Å². The number of aromatic nitrogens is 3. The fourth-order valence-corrected chi connectivity index (χ4v) is 10.2. The Bertz CT molecular complexity index is 3220. The summed E-state index contributed by atoms with van der Waals surface area (Å²) in [6.07, 6.45) is 0. The Morgan fingerprint density at radius 1 is 0.286 bits per heavy atom. The van der Waals surface area contributed by atoms with E-state index < -0.39 is 0 Å². The fraction of sp³-hybridized carbons (Fsp3) is 0. The van der Waals surface area contributed by atoms with Crippen molar-refractivity contribution in [3.63, 3.8) is 0 Å². The molecule has 5 heteroatoms. The third-order valence-corrected chi connectivity index (χ3v) is 12.9. The van der Waals surface area contributed by atoms with Crippen LogP contribution in [0.15, 0.2) is 188 Å². The number of hydrogen-bond donors (Lipinski definition) is 0. The first-order valence-electron chi connectivity index (χ1n) is 18.7. The van der Waals surface area contributed by atoms with Gasteiger partial charge in [-0.15, -0.1) is 22.7 Å². The Morgan fingerprint density at radius 2 is 0.804 bits per heavy atom. The standard InChI is InChI=1S/C51H31N3S2/c1-3-11-32(12-4-1)33-21-23-34(24-22-33)35-25-27-37(28-26-35)49-52-50(54-51(53-49)43-18-9-17-41-40-15-7-8-19-44(40)56-48(41)43)38-29-30-42-46(31-38)55-45-20-10-16-39(47(42)45)36-13-5-2-6-14-36/h1-31H. The van der Waals surface area contributed by atoms with E-state index in [0.29, 0.717) is 17.5 Å². The maximum absolute atomic E-state index is 5.23. The van der Waals surface area contributed by atoms with Gasteiger partial charge in [0.05, 0.1) is 0 Å². The number of benzene rings is 8. The van der Waals surface area contributed by atoms with Crippen LogP contribution in [0.25, 0.3) is 108 Å². The van der Waals surface area contributed by atoms with E-state index in [1.165, 1.54) is 62.6 Å². The molecule has 0 aliphatic heterocycles. The van der Waals surface area contributed by atoms with Gasteiger partial charge in [-0.3, -0.25) is 0 Å². The Hall–Kier alpha value is -6.79. The van der Waals surface area contributed by atoms with Gasteiger partial charge in [-0.05, 0) is 57.6 Å². The SMILES string of the molecule is c1ccc(-c2ccc(-c3ccc(-c4nc(-c5ccc6c(c5)sc5cccc(-c7ccccc7)c56)nc(-c5cccc6c5sc5ccccc56)n4)cc3)cc2)cc1. The summed E-state index contributed by atoms with van der Waals surface area (Å²) in [5.41, 5.74) is 10.1. The number of hydrogen-bond acceptors (Lipinski definition) is 5. The molecule has 0 fully saturated rings. The van der Waals surface area contributed by atoms with E-state index in [1.54, 1.807) is 11.3 Å². The predicted molar refractivity (Wildman–Crippen MR) is 238 cm³/mol. The summed E-state index contributed by atoms with van der Waals surface area (Å²) in [6, 6.07) is 66.8. The van der Waals surface area contributed by atoms with Crippen LogP contribution in [0.3, 0.4) is 0 Å². The summed E-state index contributed by atoms with van der Waals surface area (Å²) in [5.74, 6) is 1.98. The highest BCUT2D eigenvalue weighted by molar-refractivity contribution is 7.26. The average Bonchev–Trinajstić information content (AvgIpc) is 3.85. The molecule has 0 unspecified atom stereocenters. The maximum atomic E-state index is 5.23. The number of nitrogens with zero attached hydrogens (tertiary/aromatic N) is 3. The van der Waals surface area contributed by atoms with Crippen LogP contribution >= 0.6 is 22.7 Å². The van der Waals surface area contributed by atoms with Gasteiger partial charge in [0.15, 0.2) is 17.5 Å². The summed E-state index contributed by atoms with van der Waals surface area (Å²) in [4.78, 5) is 15.6. The van der Waals surface area contributed by atoms with Crippen LogP contribution in [-0.2, 0) is 0 Å². The largest absolute Gasteiger partial charge is 0.208 e. The average molecular weight is 750 g/mol. The van der Waals surface area contributed by atoms with E-state index in [9.17, 15) is 0 Å². The summed E-state index contributed by atoms with van der Waals surface area (Å²) in [5, 5.41) is 5.00. The lowest BCUT2D eigenvalue weighted by molar-refractivity contribution is 1.08. The topological polar surface area (TPSA) is 38.7 Å². The van der Waals surface area contributed by atoms with Crippen molar-refractivity contribution in [1.82, 2.24) is 15.0 Å². The molecule has 0 spiro atoms. The third kappa shape index (κ3) is 5.68. The first kappa shape index (κ1) is 32.6. The van der Waals surface area contributed by atoms with Gasteiger partial charge in [0.25, 0.3) is 0 Å². The lowest BCUT2D eigenvalue weighted by Crippen LogP contribution is -2.00. The minimum absolute atomic E-state index is 0.650. The Labute approximate surface area is 331 Å². The van der Waals surface area contributed by atoms with Gasteiger partial charge in [-0.1, -0.05) is 164 Å². The molecule has 262 valence electrons. The molecule has 0 amide bonds. The van der Waals surface area contributed by atoms with Gasteiger partial charge in [0.2, 0.25) is 0 Å². The molecule has 3 nitrogen and oxygen atoms in total. The van der Waals surface area contributed by atoms with Crippen molar-refractivity contribution in [3.8, 4) is 67.5 Å². The van der Waals surface area contributed by atoms with Crippen molar-refractivity contribution in [2.24, 2.45) is 0 Å². The van der Waals surface area contributed by atoms with E-state index >= 15 is 0 Å². The van der Waals surface area contributed by atoms with Crippen molar-refractivity contribution >= 4 is 63.0 Å². The zero-order valence-electron chi connectivity index (χ0n) is 30.1. The molecule has 0 aliphatic rings. The van der Waals surface area contributed by atoms with Crippen molar-refractivity contribution in [3.05, 3.63) is 188 Å². The third-order valence-electron chi connectivity index (χ3n) is 10.6. The molecular formula is C51H31N3S2. The molecule has 0 radical (unpaired) electrons. The molecule has 0 aliphatic carbocycles. The van der Waals surface area contributed by atoms with E-state index in [-0.39, 0.29) is 0 Å². The predicted octanol–water partition coefficient (Wildman–Crippen LogP) is 14.6. The zero-order valence-corrected chi connectivity index (χ0v) is 31.7. The molecule has 8 aromatic carbocycles. The smallest absolute Gasteiger partial charge is 0.165 e. The lowest BCUT2D eigenvalue weighted by Gasteiger charge is -2.10. The number of fused-ring (bicyclic) bond motifs is 6. The van der Waals surface area contributed by atoms with Crippen LogP contribution in [-0.4, -0.2) is 15.0 Å². The minimum atomic E-state index is 0.650. The van der Waals surface area contributed by atoms with Gasteiger partial charge in [-0.25, -0.2) is 15.0 Å². The van der Waals surface area contributed by atoms with Crippen LogP contribution < -0.4 is 0 Å². The molecule has 0 bridgehead atoms. The first-order chi connectivity index (χ1) is 27.7. The van der Waals surface area contributed by atoms with E-state index in [0.717, 1.165) is 27.8 Å².